The van der Waals surface area contributed by atoms with Gasteiger partial charge in [0.25, 0.3) is 5.09 Å². The van der Waals surface area contributed by atoms with Gasteiger partial charge in [0.05, 0.1) is 13.2 Å². The van der Waals surface area contributed by atoms with Gasteiger partial charge in [0.1, 0.15) is 6.04 Å². The van der Waals surface area contributed by atoms with Crippen LogP contribution in [0.15, 0.2) is 17.1 Å². The number of aliphatic imine (C=N–C) groups is 1. The average Bonchev–Trinajstić information content (AvgIpc) is 2.63. The number of nitrogens with zero attached hydrogens (tertiary/aromatic N) is 2. The number of ether oxygens (including phenoxy) is 1. The Morgan fingerprint density at radius 3 is 2.57 bits per heavy atom. The maximum atomic E-state index is 12.3. The van der Waals surface area contributed by atoms with Gasteiger partial charge in [-0.05, 0) is 45.4 Å². The van der Waals surface area contributed by atoms with E-state index in [0.29, 0.717) is 45.1 Å². The molecule has 0 saturated heterocycles. The maximum absolute atomic E-state index is 12.3. The van der Waals surface area contributed by atoms with Gasteiger partial charge in [-0.2, -0.15) is 0 Å². The van der Waals surface area contributed by atoms with E-state index in [0.717, 1.165) is 6.42 Å². The number of nitrogens with one attached hydrogen (secondary N) is 1. The van der Waals surface area contributed by atoms with Gasteiger partial charge in [0.2, 0.25) is 5.91 Å². The molecule has 0 aliphatic heterocycles. The SMILES string of the molecule is C/C=C\CCCC(=O)NC(CCCN=C(N)N)C(=O)OCCCCO[N+](=O)[O-]. The zero-order chi connectivity index (χ0) is 21.2. The fourth-order valence-electron chi connectivity index (χ4n) is 2.18. The van der Waals surface area contributed by atoms with Gasteiger partial charge in [-0.25, -0.2) is 4.79 Å². The summed E-state index contributed by atoms with van der Waals surface area (Å²) in [6.07, 6.45) is 7.28. The highest BCUT2D eigenvalue weighted by atomic mass is 16.9. The van der Waals surface area contributed by atoms with Crippen LogP contribution in [0.3, 0.4) is 0 Å². The number of unbranched alkanes of at least 4 members (excludes halogenated alkanes) is 2. The Bertz CT molecular complexity index is 534. The first-order valence-corrected chi connectivity index (χ1v) is 9.26. The first kappa shape index (κ1) is 25.1. The third-order valence-corrected chi connectivity index (χ3v) is 3.56. The largest absolute Gasteiger partial charge is 0.464 e. The molecule has 0 fully saturated rings. The molecule has 0 aliphatic rings. The number of allylic oxidation sites excluding steroid dienone is 2. The van der Waals surface area contributed by atoms with Crippen molar-refractivity contribution in [3.8, 4) is 0 Å². The molecule has 0 spiro atoms. The molecule has 5 N–H and O–H groups in total. The minimum atomic E-state index is -0.871. The lowest BCUT2D eigenvalue weighted by Crippen LogP contribution is -2.42. The van der Waals surface area contributed by atoms with Gasteiger partial charge >= 0.3 is 5.97 Å². The van der Waals surface area contributed by atoms with Crippen LogP contribution < -0.4 is 16.8 Å². The van der Waals surface area contributed by atoms with Gasteiger partial charge in [0.15, 0.2) is 5.96 Å². The molecule has 1 unspecified atom stereocenters. The van der Waals surface area contributed by atoms with Gasteiger partial charge in [0, 0.05) is 13.0 Å². The lowest BCUT2D eigenvalue weighted by Gasteiger charge is -2.17. The average molecular weight is 401 g/mol. The van der Waals surface area contributed by atoms with Crippen LogP contribution in [0.25, 0.3) is 0 Å². The number of esters is 1. The van der Waals surface area contributed by atoms with Crippen molar-refractivity contribution < 1.29 is 24.3 Å². The second-order valence-corrected chi connectivity index (χ2v) is 5.96. The highest BCUT2D eigenvalue weighted by Crippen LogP contribution is 2.05. The smallest absolute Gasteiger partial charge is 0.328 e. The molecule has 1 atom stereocenters. The van der Waals surface area contributed by atoms with Gasteiger partial charge in [-0.3, -0.25) is 9.79 Å². The van der Waals surface area contributed by atoms with E-state index in [1.54, 1.807) is 0 Å². The number of carbonyl (C=O) groups is 2. The molecule has 0 saturated carbocycles. The minimum absolute atomic E-state index is 0.0379. The number of amides is 1. The molecular formula is C17H31N5O6. The lowest BCUT2D eigenvalue weighted by molar-refractivity contribution is -0.757. The van der Waals surface area contributed by atoms with E-state index in [1.165, 1.54) is 0 Å². The van der Waals surface area contributed by atoms with Crippen molar-refractivity contribution in [3.63, 3.8) is 0 Å². The van der Waals surface area contributed by atoms with Crippen LogP contribution in [0.2, 0.25) is 0 Å². The molecule has 11 heteroatoms. The Morgan fingerprint density at radius 2 is 1.93 bits per heavy atom. The van der Waals surface area contributed by atoms with E-state index < -0.39 is 17.1 Å². The van der Waals surface area contributed by atoms with Crippen molar-refractivity contribution in [3.05, 3.63) is 22.3 Å². The Balaban J connectivity index is 4.39. The molecule has 28 heavy (non-hydrogen) atoms. The summed E-state index contributed by atoms with van der Waals surface area (Å²) in [7, 11) is 0. The van der Waals surface area contributed by atoms with Crippen molar-refractivity contribution in [2.45, 2.75) is 57.9 Å². The van der Waals surface area contributed by atoms with E-state index in [2.05, 4.69) is 15.1 Å². The number of rotatable bonds is 16. The first-order valence-electron chi connectivity index (χ1n) is 9.26. The highest BCUT2D eigenvalue weighted by Gasteiger charge is 2.21. The molecule has 0 aromatic heterocycles. The Hall–Kier alpha value is -2.85. The number of hydrogen-bond acceptors (Lipinski definition) is 7. The normalized spacial score (nSPS) is 11.6. The fraction of sp³-hybridized carbons (Fsp3) is 0.706. The molecule has 160 valence electrons. The summed E-state index contributed by atoms with van der Waals surface area (Å²) in [5, 5.41) is 11.9. The first-order chi connectivity index (χ1) is 13.4. The second-order valence-electron chi connectivity index (χ2n) is 5.96. The lowest BCUT2D eigenvalue weighted by atomic mass is 10.1. The Kier molecular flexibility index (Phi) is 14.7. The number of nitrogens with two attached hydrogens (primary N) is 2. The summed E-state index contributed by atoms with van der Waals surface area (Å²) in [5.74, 6) is -0.821. The number of hydrogen-bond donors (Lipinski definition) is 3. The summed E-state index contributed by atoms with van der Waals surface area (Å²) < 4.78 is 5.16. The van der Waals surface area contributed by atoms with Crippen LogP contribution in [0.5, 0.6) is 0 Å². The third-order valence-electron chi connectivity index (χ3n) is 3.56. The van der Waals surface area contributed by atoms with Crippen molar-refractivity contribution in [1.29, 1.82) is 0 Å². The molecule has 0 radical (unpaired) electrons. The predicted molar refractivity (Wildman–Crippen MR) is 104 cm³/mol. The van der Waals surface area contributed by atoms with E-state index in [1.807, 2.05) is 19.1 Å². The van der Waals surface area contributed by atoms with E-state index in [4.69, 9.17) is 16.2 Å². The molecule has 0 aromatic carbocycles. The molecule has 1 amide bonds. The zero-order valence-corrected chi connectivity index (χ0v) is 16.3. The molecule has 0 rings (SSSR count). The quantitative estimate of drug-likeness (QED) is 0.0648. The standard InChI is InChI=1S/C17H31N5O6/c1-2-3-4-5-10-15(23)21-14(9-8-11-20-17(18)19)16(24)27-12-6-7-13-28-22(25)26/h2-3,14H,4-13H2,1H3,(H,21,23)(H4,18,19,20)/b3-2-. The van der Waals surface area contributed by atoms with Crippen LogP contribution in [0.1, 0.15) is 51.9 Å². The van der Waals surface area contributed by atoms with Crippen LogP contribution in [-0.2, 0) is 19.2 Å². The molecule has 0 aliphatic carbocycles. The van der Waals surface area contributed by atoms with Crippen LogP contribution in [0, 0.1) is 10.1 Å². The maximum Gasteiger partial charge on any atom is 0.328 e. The summed E-state index contributed by atoms with van der Waals surface area (Å²) in [6, 6.07) is -0.793. The van der Waals surface area contributed by atoms with E-state index >= 15 is 0 Å². The van der Waals surface area contributed by atoms with E-state index in [9.17, 15) is 19.7 Å². The van der Waals surface area contributed by atoms with Gasteiger partial charge < -0.3 is 26.4 Å². The molecular weight excluding hydrogens is 370 g/mol. The van der Waals surface area contributed by atoms with Gasteiger partial charge in [-0.1, -0.05) is 12.2 Å². The minimum Gasteiger partial charge on any atom is -0.464 e. The van der Waals surface area contributed by atoms with Crippen molar-refractivity contribution in [2.75, 3.05) is 19.8 Å². The summed E-state index contributed by atoms with van der Waals surface area (Å²) in [5.41, 5.74) is 10.5. The molecule has 0 heterocycles. The van der Waals surface area contributed by atoms with Crippen LogP contribution >= 0.6 is 0 Å². The van der Waals surface area contributed by atoms with Crippen LogP contribution in [-0.4, -0.2) is 48.7 Å². The summed E-state index contributed by atoms with van der Waals surface area (Å²) in [6.45, 7) is 2.27. The van der Waals surface area contributed by atoms with Crippen LogP contribution in [0.4, 0.5) is 0 Å². The van der Waals surface area contributed by atoms with Crippen molar-refractivity contribution in [2.24, 2.45) is 16.5 Å². The Morgan fingerprint density at radius 1 is 1.21 bits per heavy atom. The fourth-order valence-corrected chi connectivity index (χ4v) is 2.18. The topological polar surface area (TPSA) is 172 Å². The molecule has 0 bridgehead atoms. The zero-order valence-electron chi connectivity index (χ0n) is 16.3. The monoisotopic (exact) mass is 401 g/mol. The highest BCUT2D eigenvalue weighted by molar-refractivity contribution is 5.84. The summed E-state index contributed by atoms with van der Waals surface area (Å²) >= 11 is 0. The van der Waals surface area contributed by atoms with E-state index in [-0.39, 0.29) is 25.1 Å². The Labute approximate surface area is 164 Å². The van der Waals surface area contributed by atoms with Gasteiger partial charge in [-0.15, -0.1) is 10.1 Å². The number of guanidine groups is 1. The third kappa shape index (κ3) is 15.4. The number of carbonyl (C=O) groups excluding carboxylic acids is 2. The summed E-state index contributed by atoms with van der Waals surface area (Å²) in [4.78, 5) is 42.4. The molecule has 11 nitrogen and oxygen atoms in total. The second kappa shape index (κ2) is 16.3. The predicted octanol–water partition coefficient (Wildman–Crippen LogP) is 0.803. The van der Waals surface area contributed by atoms with Crippen molar-refractivity contribution >= 4 is 17.8 Å². The van der Waals surface area contributed by atoms with Crippen molar-refractivity contribution in [1.82, 2.24) is 5.32 Å². The molecule has 0 aromatic rings.